The number of Topliss-reactive ketones (excluding diaryl/α,β-unsaturated/α-hetero) is 1. The Kier molecular flexibility index (Phi) is 28.9. The Morgan fingerprint density at radius 1 is 0.424 bits per heavy atom. The Bertz CT molecular complexity index is 2550. The molecule has 0 bridgehead atoms. The predicted octanol–water partition coefficient (Wildman–Crippen LogP) is -20.2. The number of ether oxygens (including phenoxy) is 12. The first kappa shape index (κ1) is 82.2. The van der Waals surface area contributed by atoms with E-state index in [2.05, 4.69) is 5.32 Å². The zero-order chi connectivity index (χ0) is 73.3. The van der Waals surface area contributed by atoms with E-state index in [1.165, 1.54) is 0 Å². The molecule has 2 unspecified atom stereocenters. The van der Waals surface area contributed by atoms with Crippen LogP contribution in [0.2, 0.25) is 0 Å². The molecule has 1 amide bonds. The fourth-order valence-electron chi connectivity index (χ4n) is 13.4. The molecule has 6 saturated heterocycles. The SMILES string of the molecule is NC[C@@H]1O[C@H](O[C@H]2[C@@H](O)[C@H](O[C@@H]3[C@@H](O)[C@H](CC(=O)C4(O)CC4N)C[C@H](N)[C@H]3O[C@H]3O[C@H](CO)[C@@H](O)[C@H](O)[C@H]3N)O[C@@H]2CO)[C@H](N)[C@@H](O)[C@@H]1O.NC[C@@H]1O[C@H](O[C@H]2[C@@H](O)[C@H](O[C@@H]3[C@@H](O)[C@H](NC(=O)[C@@H](O)[C@@H](O)CN)C[C@H](N)[C@H]3O[C@H]3O[C@H](CO)[C@@H](O)[C@H](O)[C@H]3N)O[C@@H]2CO)[C@H](N)[C@@H](O)[C@@H]1O. The molecule has 44 nitrogen and oxygen atoms in total. The van der Waals surface area contributed by atoms with Crippen molar-refractivity contribution in [2.75, 3.05) is 46.1 Å². The van der Waals surface area contributed by atoms with Crippen molar-refractivity contribution in [1.82, 2.24) is 5.32 Å². The van der Waals surface area contributed by atoms with Crippen LogP contribution < -0.4 is 62.7 Å². The van der Waals surface area contributed by atoms with Crippen molar-refractivity contribution in [3.63, 3.8) is 0 Å². The summed E-state index contributed by atoms with van der Waals surface area (Å²) in [6.07, 6.45) is -48.8. The number of nitrogens with one attached hydrogen (secondary N) is 1. The fourth-order valence-corrected chi connectivity index (χ4v) is 13.4. The van der Waals surface area contributed by atoms with E-state index in [9.17, 15) is 107 Å². The quantitative estimate of drug-likeness (QED) is 0.0404. The highest BCUT2D eigenvalue weighted by atomic mass is 16.8. The third-order valence-electron chi connectivity index (χ3n) is 19.8. The highest BCUT2D eigenvalue weighted by Gasteiger charge is 2.61. The van der Waals surface area contributed by atoms with Gasteiger partial charge in [0.2, 0.25) is 0 Å². The third-order valence-corrected chi connectivity index (χ3v) is 19.8. The lowest BCUT2D eigenvalue weighted by molar-refractivity contribution is -0.313. The molecule has 0 spiro atoms. The lowest BCUT2D eigenvalue weighted by atomic mass is 9.76. The summed E-state index contributed by atoms with van der Waals surface area (Å²) in [4.78, 5) is 25.6. The minimum absolute atomic E-state index is 0.0475. The van der Waals surface area contributed by atoms with E-state index in [-0.39, 0.29) is 38.8 Å². The summed E-state index contributed by atoms with van der Waals surface area (Å²) in [5, 5.41) is 200. The van der Waals surface area contributed by atoms with Crippen LogP contribution in [-0.2, 0) is 66.4 Å². The van der Waals surface area contributed by atoms with E-state index in [1.807, 2.05) is 0 Å². The van der Waals surface area contributed by atoms with E-state index >= 15 is 0 Å². The van der Waals surface area contributed by atoms with Gasteiger partial charge in [-0.05, 0) is 18.8 Å². The zero-order valence-electron chi connectivity index (χ0n) is 53.4. The van der Waals surface area contributed by atoms with E-state index in [4.69, 9.17) is 114 Å². The molecule has 40 N–H and O–H groups in total. The summed E-state index contributed by atoms with van der Waals surface area (Å²) >= 11 is 0. The third kappa shape index (κ3) is 17.5. The molecule has 42 atom stereocenters. The maximum Gasteiger partial charge on any atom is 0.251 e. The van der Waals surface area contributed by atoms with Crippen LogP contribution in [0.4, 0.5) is 0 Å². The molecule has 0 aromatic heterocycles. The van der Waals surface area contributed by atoms with Crippen molar-refractivity contribution in [1.29, 1.82) is 0 Å². The van der Waals surface area contributed by atoms with E-state index < -0.39 is 301 Å². The minimum atomic E-state index is -1.98. The lowest BCUT2D eigenvalue weighted by Crippen LogP contribution is -2.69. The number of hydrogen-bond acceptors (Lipinski definition) is 43. The van der Waals surface area contributed by atoms with Gasteiger partial charge in [-0.3, -0.25) is 9.59 Å². The number of carbonyl (C=O) groups excluding carboxylic acids is 2. The van der Waals surface area contributed by atoms with Gasteiger partial charge >= 0.3 is 0 Å². The Labute approximate surface area is 564 Å². The second-order valence-electron chi connectivity index (χ2n) is 26.5. The maximum atomic E-state index is 12.9. The van der Waals surface area contributed by atoms with Crippen LogP contribution in [0, 0.1) is 5.92 Å². The maximum absolute atomic E-state index is 12.9. The molecule has 6 heterocycles. The Morgan fingerprint density at radius 2 is 0.747 bits per heavy atom. The molecule has 99 heavy (non-hydrogen) atoms. The number of hydrogen-bond donors (Lipinski definition) is 30. The van der Waals surface area contributed by atoms with Crippen LogP contribution in [-0.4, -0.2) is 405 Å². The zero-order valence-corrected chi connectivity index (χ0v) is 53.4. The normalized spacial score (nSPS) is 50.8. The number of rotatable bonds is 25. The summed E-state index contributed by atoms with van der Waals surface area (Å²) in [5.74, 6) is -2.65. The first-order valence-electron chi connectivity index (χ1n) is 32.4. The standard InChI is InChI=1S/C28H51N5O16.C27H52N6O17/c29-4-9-17(38)19(40)14(32)25(44-9)48-23-11(6-35)46-27(21(23)42)49-24-16(37)7(2-13(36)28(43)3-12(28)31)1-8(30)22(24)47-26-15(33)20(41)18(39)10(5-34)45-26;28-2-8(36)15(38)24(44)33-7-1-6(30)21(48-26-13(32)19(42)17(40)10(4-34)46-26)23(14(7)37)50-27-20(43)22(11(5-35)47-27)49-25-12(31)18(41)16(39)9(3-29)45-25/h7-12,14-27,34-35,37-43H,1-6,29-33H2;6-23,25-27,34-43H,1-5,28-32H2,(H,33,44)/t7-,8-,9-,10+,11+,12?,14+,15+,16-,17+,18+,19+,20+,21+,22+,23+,24+,25+,26+,27-,28?;6-,7+,8-,9-,10+,11+,12+,13+,14-,15-,16+,17+,18+,19+,20+,21+,22+,23+,25+,26+,27-/m00/s1. The minimum Gasteiger partial charge on any atom is -0.394 e. The molecule has 576 valence electrons. The lowest BCUT2D eigenvalue weighted by Gasteiger charge is -2.48. The van der Waals surface area contributed by atoms with Crippen LogP contribution in [0.5, 0.6) is 0 Å². The molecular formula is C55H103N11O33. The number of amides is 1. The van der Waals surface area contributed by atoms with Crippen molar-refractivity contribution in [2.24, 2.45) is 63.3 Å². The van der Waals surface area contributed by atoms with Crippen molar-refractivity contribution in [2.45, 2.75) is 276 Å². The molecule has 3 aliphatic carbocycles. The summed E-state index contributed by atoms with van der Waals surface area (Å²) in [6.45, 7) is -3.81. The highest BCUT2D eigenvalue weighted by Crippen LogP contribution is 2.42. The molecule has 9 aliphatic rings. The van der Waals surface area contributed by atoms with Gasteiger partial charge in [0.25, 0.3) is 5.91 Å². The topological polar surface area (TPSA) is 802 Å². The molecule has 9 fully saturated rings. The smallest absolute Gasteiger partial charge is 0.251 e. The average Bonchev–Trinajstić information content (AvgIpc) is 1.72. The summed E-state index contributed by atoms with van der Waals surface area (Å²) in [7, 11) is 0. The molecule has 3 saturated carbocycles. The summed E-state index contributed by atoms with van der Waals surface area (Å²) in [6, 6.07) is -9.63. The van der Waals surface area contributed by atoms with Gasteiger partial charge < -0.3 is 217 Å². The second-order valence-corrected chi connectivity index (χ2v) is 26.5. The number of carbonyl (C=O) groups is 2. The van der Waals surface area contributed by atoms with Crippen LogP contribution in [0.3, 0.4) is 0 Å². The van der Waals surface area contributed by atoms with Crippen LogP contribution in [0.25, 0.3) is 0 Å². The number of aliphatic hydroxyl groups is 19. The summed E-state index contributed by atoms with van der Waals surface area (Å²) in [5.41, 5.74) is 57.6. The molecule has 9 rings (SSSR count). The fraction of sp³-hybridized carbons (Fsp3) is 0.964. The van der Waals surface area contributed by atoms with E-state index in [0.717, 1.165) is 0 Å². The van der Waals surface area contributed by atoms with Gasteiger partial charge in [-0.15, -0.1) is 0 Å². The number of nitrogens with two attached hydrogens (primary N) is 10. The monoisotopic (exact) mass is 1450 g/mol. The second kappa shape index (κ2) is 34.8. The van der Waals surface area contributed by atoms with Gasteiger partial charge in [0.05, 0.1) is 62.7 Å². The molecule has 6 aliphatic heterocycles. The Morgan fingerprint density at radius 3 is 1.10 bits per heavy atom. The molecule has 44 heteroatoms. The van der Waals surface area contributed by atoms with Crippen molar-refractivity contribution < 1.29 is 163 Å². The van der Waals surface area contributed by atoms with Gasteiger partial charge in [-0.25, -0.2) is 0 Å². The van der Waals surface area contributed by atoms with E-state index in [0.29, 0.717) is 0 Å². The average molecular weight is 1450 g/mol. The van der Waals surface area contributed by atoms with E-state index in [1.54, 1.807) is 0 Å². The molecule has 0 aromatic rings. The molecule has 0 aromatic carbocycles. The van der Waals surface area contributed by atoms with Crippen LogP contribution in [0.15, 0.2) is 0 Å². The Balaban J connectivity index is 0.000000252. The Hall–Kier alpha value is -2.50. The first-order chi connectivity index (χ1) is 46.7. The number of ketones is 1. The van der Waals surface area contributed by atoms with Gasteiger partial charge in [-0.2, -0.15) is 0 Å². The van der Waals surface area contributed by atoms with Crippen LogP contribution >= 0.6 is 0 Å². The van der Waals surface area contributed by atoms with Crippen molar-refractivity contribution >= 4 is 11.7 Å². The van der Waals surface area contributed by atoms with Crippen molar-refractivity contribution in [3.05, 3.63) is 0 Å². The van der Waals surface area contributed by atoms with Gasteiger partial charge in [0.1, 0.15) is 152 Å². The van der Waals surface area contributed by atoms with Crippen molar-refractivity contribution in [3.8, 4) is 0 Å². The predicted molar refractivity (Wildman–Crippen MR) is 320 cm³/mol. The molecule has 0 radical (unpaired) electrons. The van der Waals surface area contributed by atoms with Gasteiger partial charge in [0.15, 0.2) is 49.6 Å². The van der Waals surface area contributed by atoms with Gasteiger partial charge in [-0.1, -0.05) is 0 Å². The first-order valence-corrected chi connectivity index (χ1v) is 32.4. The molecular weight excluding hydrogens is 1340 g/mol. The summed E-state index contributed by atoms with van der Waals surface area (Å²) < 4.78 is 69.5. The number of aliphatic hydroxyl groups excluding tert-OH is 18. The van der Waals surface area contributed by atoms with Gasteiger partial charge in [0, 0.05) is 50.6 Å². The van der Waals surface area contributed by atoms with Crippen LogP contribution in [0.1, 0.15) is 25.7 Å². The highest BCUT2D eigenvalue weighted by molar-refractivity contribution is 5.91. The largest absolute Gasteiger partial charge is 0.394 e.